The van der Waals surface area contributed by atoms with Crippen molar-refractivity contribution in [2.24, 2.45) is 11.5 Å². The standard InChI is InChI=1S/C35H43N5O7/c1-40(34(44)28(36)19-11-12-20-38-35(45)47-24-27-17-9-4-10-18-27)30(22-31(41)46-23-26-15-7-3-8-16-26)33(43)39-29(32(37)42)21-25-13-5-2-6-14-25/h2-10,13-18,28-30H,11-12,19-24,36H2,1H3,(H2,37,42)(H,38,45)(H,39,43)/t28-,29-,30-/m0/s1. The van der Waals surface area contributed by atoms with Gasteiger partial charge >= 0.3 is 12.1 Å². The fourth-order valence-electron chi connectivity index (χ4n) is 4.69. The molecule has 3 aromatic carbocycles. The third kappa shape index (κ3) is 13.0. The summed E-state index contributed by atoms with van der Waals surface area (Å²) < 4.78 is 10.6. The van der Waals surface area contributed by atoms with Crippen molar-refractivity contribution < 1.29 is 33.4 Å². The monoisotopic (exact) mass is 645 g/mol. The fourth-order valence-corrected chi connectivity index (χ4v) is 4.69. The second-order valence-corrected chi connectivity index (χ2v) is 11.1. The molecule has 0 saturated carbocycles. The lowest BCUT2D eigenvalue weighted by atomic mass is 10.0. The van der Waals surface area contributed by atoms with E-state index in [2.05, 4.69) is 10.6 Å². The van der Waals surface area contributed by atoms with Crippen LogP contribution in [0.1, 0.15) is 42.4 Å². The molecule has 3 rings (SSSR count). The van der Waals surface area contributed by atoms with Gasteiger partial charge in [0.2, 0.25) is 17.7 Å². The van der Waals surface area contributed by atoms with Crippen LogP contribution >= 0.6 is 0 Å². The van der Waals surface area contributed by atoms with E-state index >= 15 is 0 Å². The lowest BCUT2D eigenvalue weighted by Gasteiger charge is -2.30. The molecule has 0 unspecified atom stereocenters. The van der Waals surface area contributed by atoms with Crippen molar-refractivity contribution in [1.29, 1.82) is 0 Å². The highest BCUT2D eigenvalue weighted by atomic mass is 16.5. The van der Waals surface area contributed by atoms with Crippen LogP contribution in [0.25, 0.3) is 0 Å². The molecule has 6 N–H and O–H groups in total. The van der Waals surface area contributed by atoms with Crippen LogP contribution in [0.2, 0.25) is 0 Å². The van der Waals surface area contributed by atoms with E-state index in [-0.39, 0.29) is 26.1 Å². The number of alkyl carbamates (subject to hydrolysis) is 1. The normalized spacial score (nSPS) is 12.6. The van der Waals surface area contributed by atoms with Crippen molar-refractivity contribution in [2.45, 2.75) is 63.4 Å². The van der Waals surface area contributed by atoms with Gasteiger partial charge in [0, 0.05) is 20.0 Å². The topological polar surface area (TPSA) is 183 Å². The molecule has 0 spiro atoms. The average Bonchev–Trinajstić information content (AvgIpc) is 3.08. The summed E-state index contributed by atoms with van der Waals surface area (Å²) in [7, 11) is 1.37. The number of amides is 4. The van der Waals surface area contributed by atoms with E-state index in [1.165, 1.54) is 7.05 Å². The summed E-state index contributed by atoms with van der Waals surface area (Å²) in [5.74, 6) is -2.81. The molecule has 0 heterocycles. The van der Waals surface area contributed by atoms with Gasteiger partial charge in [-0.2, -0.15) is 0 Å². The molecular weight excluding hydrogens is 602 g/mol. The highest BCUT2D eigenvalue weighted by Gasteiger charge is 2.34. The van der Waals surface area contributed by atoms with Gasteiger partial charge in [-0.25, -0.2) is 4.79 Å². The van der Waals surface area contributed by atoms with E-state index in [9.17, 15) is 24.0 Å². The lowest BCUT2D eigenvalue weighted by molar-refractivity contribution is -0.151. The number of unbranched alkanes of at least 4 members (excludes halogenated alkanes) is 1. The molecule has 0 fully saturated rings. The molecule has 0 aliphatic rings. The zero-order chi connectivity index (χ0) is 34.0. The molecule has 0 aliphatic carbocycles. The summed E-state index contributed by atoms with van der Waals surface area (Å²) in [6.07, 6.45) is 0.382. The van der Waals surface area contributed by atoms with Crippen molar-refractivity contribution in [1.82, 2.24) is 15.5 Å². The van der Waals surface area contributed by atoms with Crippen molar-refractivity contribution >= 4 is 29.8 Å². The molecule has 0 saturated heterocycles. The number of likely N-dealkylation sites (N-methyl/N-ethyl adjacent to an activating group) is 1. The number of carbonyl (C=O) groups excluding carboxylic acids is 5. The molecule has 3 atom stereocenters. The first-order valence-corrected chi connectivity index (χ1v) is 15.4. The van der Waals surface area contributed by atoms with Gasteiger partial charge in [0.15, 0.2) is 0 Å². The number of hydrogen-bond donors (Lipinski definition) is 4. The quantitative estimate of drug-likeness (QED) is 0.120. The Morgan fingerprint density at radius 3 is 1.85 bits per heavy atom. The van der Waals surface area contributed by atoms with Crippen LogP contribution in [0.3, 0.4) is 0 Å². The average molecular weight is 646 g/mol. The number of nitrogens with two attached hydrogens (primary N) is 2. The molecule has 47 heavy (non-hydrogen) atoms. The summed E-state index contributed by atoms with van der Waals surface area (Å²) in [6, 6.07) is 23.9. The summed E-state index contributed by atoms with van der Waals surface area (Å²) in [4.78, 5) is 65.0. The molecule has 250 valence electrons. The van der Waals surface area contributed by atoms with Gasteiger partial charge in [-0.1, -0.05) is 91.0 Å². The third-order valence-corrected chi connectivity index (χ3v) is 7.40. The molecule has 3 aromatic rings. The first-order chi connectivity index (χ1) is 22.6. The zero-order valence-corrected chi connectivity index (χ0v) is 26.5. The van der Waals surface area contributed by atoms with Crippen LogP contribution in [0.15, 0.2) is 91.0 Å². The Hall–Kier alpha value is -5.23. The summed E-state index contributed by atoms with van der Waals surface area (Å²) in [6.45, 7) is 0.453. The predicted octanol–water partition coefficient (Wildman–Crippen LogP) is 2.58. The van der Waals surface area contributed by atoms with Crippen LogP contribution in [0, 0.1) is 0 Å². The SMILES string of the molecule is CN(C(=O)[C@@H](N)CCCCNC(=O)OCc1ccccc1)[C@@H](CC(=O)OCc1ccccc1)C(=O)N[C@@H](Cc1ccccc1)C(N)=O. The molecular formula is C35H43N5O7. The van der Waals surface area contributed by atoms with Gasteiger partial charge < -0.3 is 36.5 Å². The van der Waals surface area contributed by atoms with Crippen molar-refractivity contribution in [3.05, 3.63) is 108 Å². The van der Waals surface area contributed by atoms with Crippen molar-refractivity contribution in [3.8, 4) is 0 Å². The smallest absolute Gasteiger partial charge is 0.407 e. The molecule has 12 nitrogen and oxygen atoms in total. The van der Waals surface area contributed by atoms with Gasteiger partial charge in [-0.15, -0.1) is 0 Å². The zero-order valence-electron chi connectivity index (χ0n) is 26.5. The number of primary amides is 1. The van der Waals surface area contributed by atoms with Crippen LogP contribution in [-0.4, -0.2) is 66.4 Å². The second kappa shape index (κ2) is 19.3. The van der Waals surface area contributed by atoms with Crippen LogP contribution in [-0.2, 0) is 48.3 Å². The Kier molecular flexibility index (Phi) is 14.9. The largest absolute Gasteiger partial charge is 0.461 e. The van der Waals surface area contributed by atoms with E-state index in [0.29, 0.717) is 19.4 Å². The minimum atomic E-state index is -1.32. The van der Waals surface area contributed by atoms with Gasteiger partial charge in [0.1, 0.15) is 25.3 Å². The van der Waals surface area contributed by atoms with Crippen molar-refractivity contribution in [3.63, 3.8) is 0 Å². The van der Waals surface area contributed by atoms with Gasteiger partial charge in [0.25, 0.3) is 0 Å². The highest BCUT2D eigenvalue weighted by molar-refractivity contribution is 5.94. The molecule has 4 amide bonds. The van der Waals surface area contributed by atoms with Crippen LogP contribution in [0.5, 0.6) is 0 Å². The first-order valence-electron chi connectivity index (χ1n) is 15.4. The molecule has 0 radical (unpaired) electrons. The summed E-state index contributed by atoms with van der Waals surface area (Å²) in [5.41, 5.74) is 14.2. The predicted molar refractivity (Wildman–Crippen MR) is 175 cm³/mol. The van der Waals surface area contributed by atoms with E-state index in [0.717, 1.165) is 21.6 Å². The van der Waals surface area contributed by atoms with E-state index in [1.54, 1.807) is 48.5 Å². The maximum Gasteiger partial charge on any atom is 0.407 e. The Balaban J connectivity index is 1.56. The molecule has 12 heteroatoms. The first kappa shape index (κ1) is 36.2. The second-order valence-electron chi connectivity index (χ2n) is 11.1. The van der Waals surface area contributed by atoms with E-state index < -0.39 is 54.3 Å². The fraction of sp³-hybridized carbons (Fsp3) is 0.343. The van der Waals surface area contributed by atoms with Crippen LogP contribution in [0.4, 0.5) is 4.79 Å². The van der Waals surface area contributed by atoms with Gasteiger partial charge in [0.05, 0.1) is 12.5 Å². The number of ether oxygens (including phenoxy) is 2. The summed E-state index contributed by atoms with van der Waals surface area (Å²) in [5, 5.41) is 5.26. The summed E-state index contributed by atoms with van der Waals surface area (Å²) >= 11 is 0. The molecule has 0 aliphatic heterocycles. The minimum Gasteiger partial charge on any atom is -0.461 e. The number of esters is 1. The lowest BCUT2D eigenvalue weighted by Crippen LogP contribution is -2.56. The number of benzene rings is 3. The number of nitrogens with one attached hydrogen (secondary N) is 2. The molecule has 0 aromatic heterocycles. The maximum atomic E-state index is 13.5. The van der Waals surface area contributed by atoms with Crippen molar-refractivity contribution in [2.75, 3.05) is 13.6 Å². The number of hydrogen-bond acceptors (Lipinski definition) is 8. The molecule has 0 bridgehead atoms. The Morgan fingerprint density at radius 2 is 1.30 bits per heavy atom. The Morgan fingerprint density at radius 1 is 0.766 bits per heavy atom. The minimum absolute atomic E-state index is 0.0169. The Labute approximate surface area is 274 Å². The van der Waals surface area contributed by atoms with Gasteiger partial charge in [-0.05, 0) is 36.0 Å². The maximum absolute atomic E-state index is 13.5. The van der Waals surface area contributed by atoms with Crippen LogP contribution < -0.4 is 22.1 Å². The highest BCUT2D eigenvalue weighted by Crippen LogP contribution is 2.12. The number of rotatable bonds is 18. The van der Waals surface area contributed by atoms with E-state index in [1.807, 2.05) is 42.5 Å². The van der Waals surface area contributed by atoms with E-state index in [4.69, 9.17) is 20.9 Å². The third-order valence-electron chi connectivity index (χ3n) is 7.40. The Bertz CT molecular complexity index is 1440. The number of nitrogens with zero attached hydrogens (tertiary/aromatic N) is 1. The number of carbonyl (C=O) groups is 5. The van der Waals surface area contributed by atoms with Gasteiger partial charge in [-0.3, -0.25) is 19.2 Å².